The fourth-order valence-corrected chi connectivity index (χ4v) is 3.95. The van der Waals surface area contributed by atoms with Gasteiger partial charge in [-0.15, -0.1) is 10.2 Å². The number of hydrogen-bond donors (Lipinski definition) is 1. The molecule has 4 aromatic rings. The van der Waals surface area contributed by atoms with Crippen LogP contribution in [-0.4, -0.2) is 31.8 Å². The van der Waals surface area contributed by atoms with Gasteiger partial charge in [0.25, 0.3) is 0 Å². The van der Waals surface area contributed by atoms with Gasteiger partial charge in [0.2, 0.25) is 5.16 Å². The second-order valence-corrected chi connectivity index (χ2v) is 7.97. The Bertz CT molecular complexity index is 1170. The van der Waals surface area contributed by atoms with E-state index in [2.05, 4.69) is 45.6 Å². The minimum Gasteiger partial charge on any atom is -0.497 e. The normalized spacial score (nSPS) is 10.9. The van der Waals surface area contributed by atoms with Gasteiger partial charge in [-0.25, -0.2) is 9.36 Å². The van der Waals surface area contributed by atoms with Crippen molar-refractivity contribution in [2.45, 2.75) is 31.4 Å². The van der Waals surface area contributed by atoms with Crippen LogP contribution in [0.1, 0.15) is 22.8 Å². The van der Waals surface area contributed by atoms with Crippen LogP contribution in [0.3, 0.4) is 0 Å². The first-order chi connectivity index (χ1) is 15.0. The van der Waals surface area contributed by atoms with E-state index < -0.39 is 0 Å². The van der Waals surface area contributed by atoms with Crippen molar-refractivity contribution in [3.8, 4) is 17.2 Å². The maximum Gasteiger partial charge on any atom is 0.210 e. The molecule has 0 aliphatic rings. The van der Waals surface area contributed by atoms with Crippen LogP contribution in [0.2, 0.25) is 0 Å². The van der Waals surface area contributed by atoms with Crippen molar-refractivity contribution in [1.82, 2.24) is 24.7 Å². The SMILES string of the molecule is COc1cccc(OCc2nnc(SCc3ccc(-n4nc(C)cc4C)cc3)n2N)c1. The van der Waals surface area contributed by atoms with Crippen LogP contribution in [0.4, 0.5) is 0 Å². The minimum atomic E-state index is 0.217. The number of benzene rings is 2. The van der Waals surface area contributed by atoms with Crippen LogP contribution >= 0.6 is 11.8 Å². The average Bonchev–Trinajstić information content (AvgIpc) is 3.31. The van der Waals surface area contributed by atoms with Crippen molar-refractivity contribution >= 4 is 11.8 Å². The quantitative estimate of drug-likeness (QED) is 0.333. The lowest BCUT2D eigenvalue weighted by Gasteiger charge is -2.08. The van der Waals surface area contributed by atoms with Crippen molar-refractivity contribution in [2.75, 3.05) is 13.0 Å². The molecule has 0 spiro atoms. The summed E-state index contributed by atoms with van der Waals surface area (Å²) in [5, 5.41) is 13.5. The monoisotopic (exact) mass is 436 g/mol. The zero-order valence-corrected chi connectivity index (χ0v) is 18.5. The predicted molar refractivity (Wildman–Crippen MR) is 120 cm³/mol. The smallest absolute Gasteiger partial charge is 0.210 e. The van der Waals surface area contributed by atoms with Gasteiger partial charge >= 0.3 is 0 Å². The number of rotatable bonds is 8. The molecule has 0 radical (unpaired) electrons. The molecular formula is C22H24N6O2S. The molecule has 4 rings (SSSR count). The summed E-state index contributed by atoms with van der Waals surface area (Å²) in [5.74, 6) is 8.84. The van der Waals surface area contributed by atoms with E-state index in [-0.39, 0.29) is 6.61 Å². The summed E-state index contributed by atoms with van der Waals surface area (Å²) < 4.78 is 14.4. The molecule has 0 fully saturated rings. The summed E-state index contributed by atoms with van der Waals surface area (Å²) in [7, 11) is 1.62. The minimum absolute atomic E-state index is 0.217. The van der Waals surface area contributed by atoms with E-state index in [9.17, 15) is 0 Å². The highest BCUT2D eigenvalue weighted by atomic mass is 32.2. The number of methoxy groups -OCH3 is 1. The molecule has 2 N–H and O–H groups in total. The Kier molecular flexibility index (Phi) is 6.13. The first-order valence-electron chi connectivity index (χ1n) is 9.75. The lowest BCUT2D eigenvalue weighted by molar-refractivity contribution is 0.289. The van der Waals surface area contributed by atoms with E-state index in [1.807, 2.05) is 42.8 Å². The van der Waals surface area contributed by atoms with Crippen LogP contribution < -0.4 is 15.3 Å². The van der Waals surface area contributed by atoms with E-state index in [1.165, 1.54) is 16.4 Å². The highest BCUT2D eigenvalue weighted by Gasteiger charge is 2.12. The lowest BCUT2D eigenvalue weighted by atomic mass is 10.2. The van der Waals surface area contributed by atoms with Gasteiger partial charge in [0.15, 0.2) is 5.82 Å². The van der Waals surface area contributed by atoms with Gasteiger partial charge in [-0.05, 0) is 49.7 Å². The van der Waals surface area contributed by atoms with E-state index in [1.54, 1.807) is 7.11 Å². The van der Waals surface area contributed by atoms with Gasteiger partial charge < -0.3 is 15.3 Å². The molecule has 0 amide bonds. The number of hydrogen-bond acceptors (Lipinski definition) is 7. The largest absolute Gasteiger partial charge is 0.497 e. The Morgan fingerprint density at radius 2 is 1.77 bits per heavy atom. The zero-order valence-electron chi connectivity index (χ0n) is 17.6. The number of aromatic nitrogens is 5. The Morgan fingerprint density at radius 3 is 2.48 bits per heavy atom. The van der Waals surface area contributed by atoms with E-state index >= 15 is 0 Å². The Labute approximate surface area is 185 Å². The van der Waals surface area contributed by atoms with Crippen LogP contribution in [0.15, 0.2) is 59.8 Å². The van der Waals surface area contributed by atoms with E-state index in [0.717, 1.165) is 34.1 Å². The standard InChI is InChI=1S/C22H24N6O2S/c1-15-11-16(2)28(26-15)18-9-7-17(8-10-18)14-31-22-25-24-21(27(22)23)13-30-20-6-4-5-19(12-20)29-3/h4-12H,13-14,23H2,1-3H3. The molecular weight excluding hydrogens is 412 g/mol. The van der Waals surface area contributed by atoms with Crippen molar-refractivity contribution in [1.29, 1.82) is 0 Å². The maximum absolute atomic E-state index is 6.16. The van der Waals surface area contributed by atoms with E-state index in [4.69, 9.17) is 15.3 Å². The molecule has 0 bridgehead atoms. The highest BCUT2D eigenvalue weighted by Crippen LogP contribution is 2.23. The molecule has 8 nitrogen and oxygen atoms in total. The van der Waals surface area contributed by atoms with Gasteiger partial charge in [0.1, 0.15) is 18.1 Å². The number of aryl methyl sites for hydroxylation is 2. The molecule has 0 saturated carbocycles. The summed E-state index contributed by atoms with van der Waals surface area (Å²) in [6, 6.07) is 17.7. The Balaban J connectivity index is 1.36. The molecule has 0 unspecified atom stereocenters. The Hall–Kier alpha value is -3.46. The highest BCUT2D eigenvalue weighted by molar-refractivity contribution is 7.98. The molecule has 31 heavy (non-hydrogen) atoms. The molecule has 9 heteroatoms. The first kappa shape index (κ1) is 20.8. The Morgan fingerprint density at radius 1 is 1.00 bits per heavy atom. The van der Waals surface area contributed by atoms with Gasteiger partial charge in [-0.1, -0.05) is 30.0 Å². The second-order valence-electron chi connectivity index (χ2n) is 7.03. The molecule has 2 heterocycles. The fourth-order valence-electron chi connectivity index (χ4n) is 3.11. The van der Waals surface area contributed by atoms with Crippen molar-refractivity contribution in [2.24, 2.45) is 0 Å². The summed E-state index contributed by atoms with van der Waals surface area (Å²) >= 11 is 1.52. The van der Waals surface area contributed by atoms with Gasteiger partial charge in [-0.3, -0.25) is 0 Å². The number of thioether (sulfide) groups is 1. The molecule has 160 valence electrons. The average molecular weight is 437 g/mol. The fraction of sp³-hybridized carbons (Fsp3) is 0.227. The van der Waals surface area contributed by atoms with Crippen molar-refractivity contribution in [3.63, 3.8) is 0 Å². The number of nitrogens with zero attached hydrogens (tertiary/aromatic N) is 5. The third kappa shape index (κ3) is 4.83. The molecule has 0 atom stereocenters. The van der Waals surface area contributed by atoms with Crippen LogP contribution in [0, 0.1) is 13.8 Å². The third-order valence-corrected chi connectivity index (χ3v) is 5.72. The van der Waals surface area contributed by atoms with Gasteiger partial charge in [0.05, 0.1) is 18.5 Å². The number of nitrogens with two attached hydrogens (primary N) is 1. The van der Waals surface area contributed by atoms with Gasteiger partial charge in [-0.2, -0.15) is 5.10 Å². The lowest BCUT2D eigenvalue weighted by Crippen LogP contribution is -2.15. The summed E-state index contributed by atoms with van der Waals surface area (Å²) in [6.07, 6.45) is 0. The van der Waals surface area contributed by atoms with Crippen molar-refractivity contribution in [3.05, 3.63) is 77.4 Å². The maximum atomic E-state index is 6.16. The molecule has 0 aliphatic carbocycles. The summed E-state index contributed by atoms with van der Waals surface area (Å²) in [4.78, 5) is 0. The van der Waals surface area contributed by atoms with Crippen LogP contribution in [0.5, 0.6) is 11.5 Å². The number of nitrogen functional groups attached to an aromatic ring is 1. The van der Waals surface area contributed by atoms with Gasteiger partial charge in [0, 0.05) is 17.5 Å². The third-order valence-electron chi connectivity index (χ3n) is 4.70. The summed E-state index contributed by atoms with van der Waals surface area (Å²) in [6.45, 7) is 4.26. The zero-order chi connectivity index (χ0) is 21.8. The first-order valence-corrected chi connectivity index (χ1v) is 10.7. The molecule has 0 aliphatic heterocycles. The number of ether oxygens (including phenoxy) is 2. The molecule has 0 saturated heterocycles. The van der Waals surface area contributed by atoms with Crippen molar-refractivity contribution < 1.29 is 9.47 Å². The topological polar surface area (TPSA) is 93.0 Å². The molecule has 2 aromatic heterocycles. The summed E-state index contributed by atoms with van der Waals surface area (Å²) in [5.41, 5.74) is 4.32. The second kappa shape index (κ2) is 9.13. The predicted octanol–water partition coefficient (Wildman–Crippen LogP) is 3.67. The molecule has 2 aromatic carbocycles. The van der Waals surface area contributed by atoms with E-state index in [0.29, 0.717) is 16.7 Å². The van der Waals surface area contributed by atoms with Crippen LogP contribution in [-0.2, 0) is 12.4 Å². The van der Waals surface area contributed by atoms with Crippen LogP contribution in [0.25, 0.3) is 5.69 Å².